The Morgan fingerprint density at radius 1 is 1.19 bits per heavy atom. The Bertz CT molecular complexity index is 960. The van der Waals surface area contributed by atoms with Crippen LogP contribution < -0.4 is 4.74 Å². The van der Waals surface area contributed by atoms with Gasteiger partial charge in [-0.05, 0) is 30.7 Å². The van der Waals surface area contributed by atoms with Crippen molar-refractivity contribution in [3.63, 3.8) is 0 Å². The second-order valence-electron chi connectivity index (χ2n) is 7.26. The van der Waals surface area contributed by atoms with E-state index in [9.17, 15) is 4.39 Å². The smallest absolute Gasteiger partial charge is 0.281 e. The first-order chi connectivity index (χ1) is 13.2. The van der Waals surface area contributed by atoms with E-state index < -0.39 is 0 Å². The van der Waals surface area contributed by atoms with E-state index in [2.05, 4.69) is 38.8 Å². The topological polar surface area (TPSA) is 41.5 Å². The predicted molar refractivity (Wildman–Crippen MR) is 104 cm³/mol. The summed E-state index contributed by atoms with van der Waals surface area (Å²) in [5.41, 5.74) is 1.82. The van der Waals surface area contributed by atoms with Crippen molar-refractivity contribution in [3.05, 3.63) is 47.9 Å². The Morgan fingerprint density at radius 2 is 1.96 bits per heavy atom. The van der Waals surface area contributed by atoms with Crippen molar-refractivity contribution in [2.75, 3.05) is 19.6 Å². The largest absolute Gasteiger partial charge is 0.431 e. The minimum absolute atomic E-state index is 0.388. The van der Waals surface area contributed by atoms with Crippen LogP contribution in [-0.4, -0.2) is 51.5 Å². The highest BCUT2D eigenvalue weighted by Gasteiger charge is 2.41. The summed E-state index contributed by atoms with van der Waals surface area (Å²) in [5.74, 6) is 0.347. The average Bonchev–Trinajstić information content (AvgIpc) is 3.36. The molecule has 2 aliphatic rings. The van der Waals surface area contributed by atoms with Gasteiger partial charge in [0.1, 0.15) is 21.9 Å². The molecule has 2 bridgehead atoms. The number of fused-ring (bicyclic) bond motifs is 3. The standard InChI is InChI=1S/C20H21FN4OS/c1-2-24-11-16-8-15(24)12-25(16)10-13-3-5-17(6-4-13)26-20-23-18-7-14(21)9-22-19(18)27-20/h3-7,9,15-16H,2,8,10-12H2,1H3/t15-,16-/m0/s1. The highest BCUT2D eigenvalue weighted by atomic mass is 32.1. The number of likely N-dealkylation sites (N-methyl/N-ethyl adjacent to an activating group) is 1. The predicted octanol–water partition coefficient (Wildman–Crippen LogP) is 3.90. The van der Waals surface area contributed by atoms with Gasteiger partial charge in [-0.2, -0.15) is 0 Å². The van der Waals surface area contributed by atoms with Crippen molar-refractivity contribution in [2.45, 2.75) is 32.0 Å². The lowest BCUT2D eigenvalue weighted by Gasteiger charge is -2.33. The van der Waals surface area contributed by atoms with Gasteiger partial charge in [0.05, 0.1) is 6.20 Å². The van der Waals surface area contributed by atoms with Gasteiger partial charge in [0, 0.05) is 37.8 Å². The Morgan fingerprint density at radius 3 is 2.70 bits per heavy atom. The van der Waals surface area contributed by atoms with E-state index in [-0.39, 0.29) is 5.82 Å². The maximum atomic E-state index is 13.2. The first-order valence-corrected chi connectivity index (χ1v) is 10.2. The van der Waals surface area contributed by atoms with E-state index in [1.165, 1.54) is 48.7 Å². The summed E-state index contributed by atoms with van der Waals surface area (Å²) in [6, 6.07) is 11.0. The molecule has 0 radical (unpaired) electrons. The number of hydrogen-bond donors (Lipinski definition) is 0. The number of aromatic nitrogens is 2. The molecular formula is C20H21FN4OS. The van der Waals surface area contributed by atoms with Gasteiger partial charge in [0.25, 0.3) is 5.19 Å². The number of ether oxygens (including phenoxy) is 1. The number of piperazine rings is 1. The zero-order chi connectivity index (χ0) is 18.4. The molecule has 140 valence electrons. The van der Waals surface area contributed by atoms with Crippen LogP contribution in [0, 0.1) is 5.82 Å². The van der Waals surface area contributed by atoms with E-state index >= 15 is 0 Å². The zero-order valence-electron chi connectivity index (χ0n) is 15.1. The van der Waals surface area contributed by atoms with Crippen molar-refractivity contribution in [1.82, 2.24) is 19.8 Å². The van der Waals surface area contributed by atoms with Gasteiger partial charge < -0.3 is 4.74 Å². The molecule has 3 aromatic rings. The molecule has 2 atom stereocenters. The van der Waals surface area contributed by atoms with Crippen molar-refractivity contribution in [3.8, 4) is 10.9 Å². The molecule has 0 unspecified atom stereocenters. The second kappa shape index (κ2) is 6.82. The summed E-state index contributed by atoms with van der Waals surface area (Å²) in [7, 11) is 0. The molecule has 5 rings (SSSR count). The van der Waals surface area contributed by atoms with Crippen molar-refractivity contribution in [2.24, 2.45) is 0 Å². The molecule has 2 saturated heterocycles. The van der Waals surface area contributed by atoms with Crippen molar-refractivity contribution in [1.29, 1.82) is 0 Å². The summed E-state index contributed by atoms with van der Waals surface area (Å²) in [4.78, 5) is 14.2. The van der Waals surface area contributed by atoms with Gasteiger partial charge in [-0.3, -0.25) is 9.80 Å². The molecule has 2 aliphatic heterocycles. The fourth-order valence-electron chi connectivity index (χ4n) is 4.23. The normalized spacial score (nSPS) is 22.7. The van der Waals surface area contributed by atoms with Gasteiger partial charge in [-0.15, -0.1) is 0 Å². The van der Waals surface area contributed by atoms with E-state index in [4.69, 9.17) is 4.74 Å². The molecule has 0 saturated carbocycles. The summed E-state index contributed by atoms with van der Waals surface area (Å²) in [6.45, 7) is 6.78. The Hall–Kier alpha value is -2.09. The highest BCUT2D eigenvalue weighted by Crippen LogP contribution is 2.33. The molecule has 0 N–H and O–H groups in total. The maximum absolute atomic E-state index is 13.2. The summed E-state index contributed by atoms with van der Waals surface area (Å²) < 4.78 is 19.1. The molecule has 4 heterocycles. The third-order valence-electron chi connectivity index (χ3n) is 5.58. The van der Waals surface area contributed by atoms with Gasteiger partial charge in [-0.25, -0.2) is 14.4 Å². The minimum Gasteiger partial charge on any atom is -0.431 e. The Balaban J connectivity index is 1.24. The molecule has 0 aliphatic carbocycles. The molecule has 2 fully saturated rings. The van der Waals surface area contributed by atoms with Gasteiger partial charge in [-0.1, -0.05) is 30.4 Å². The number of likely N-dealkylation sites (tertiary alicyclic amines) is 2. The first-order valence-electron chi connectivity index (χ1n) is 9.35. The van der Waals surface area contributed by atoms with Crippen LogP contribution in [0.5, 0.6) is 10.9 Å². The lowest BCUT2D eigenvalue weighted by molar-refractivity contribution is 0.127. The SMILES string of the molecule is CCN1C[C@@H]2C[C@H]1CN2Cc1ccc(Oc2nc3cc(F)cnc3s2)cc1. The molecule has 5 nitrogen and oxygen atoms in total. The molecule has 2 aromatic heterocycles. The van der Waals surface area contributed by atoms with Crippen LogP contribution >= 0.6 is 11.3 Å². The molecule has 0 amide bonds. The summed E-state index contributed by atoms with van der Waals surface area (Å²) in [6.07, 6.45) is 2.51. The number of benzene rings is 1. The second-order valence-corrected chi connectivity index (χ2v) is 8.20. The molecule has 7 heteroatoms. The van der Waals surface area contributed by atoms with Crippen LogP contribution in [0.2, 0.25) is 0 Å². The highest BCUT2D eigenvalue weighted by molar-refractivity contribution is 7.19. The first kappa shape index (κ1) is 17.0. The van der Waals surface area contributed by atoms with Crippen LogP contribution in [0.25, 0.3) is 10.3 Å². The third-order valence-corrected chi connectivity index (χ3v) is 6.44. The van der Waals surface area contributed by atoms with Crippen LogP contribution in [0.1, 0.15) is 18.9 Å². The molecule has 27 heavy (non-hydrogen) atoms. The molecule has 0 spiro atoms. The van der Waals surface area contributed by atoms with E-state index in [0.29, 0.717) is 21.6 Å². The van der Waals surface area contributed by atoms with Gasteiger partial charge >= 0.3 is 0 Å². The summed E-state index contributed by atoms with van der Waals surface area (Å²) >= 11 is 1.32. The van der Waals surface area contributed by atoms with Crippen molar-refractivity contribution < 1.29 is 9.13 Å². The van der Waals surface area contributed by atoms with E-state index in [0.717, 1.165) is 24.9 Å². The molecule has 1 aromatic carbocycles. The Kier molecular flexibility index (Phi) is 4.30. The van der Waals surface area contributed by atoms with Crippen LogP contribution in [0.15, 0.2) is 36.5 Å². The number of thiazole rings is 1. The fraction of sp³-hybridized carbons (Fsp3) is 0.400. The van der Waals surface area contributed by atoms with Crippen LogP contribution in [0.4, 0.5) is 4.39 Å². The quantitative estimate of drug-likeness (QED) is 0.667. The Labute approximate surface area is 161 Å². The fourth-order valence-corrected chi connectivity index (χ4v) is 5.00. The van der Waals surface area contributed by atoms with Crippen LogP contribution in [-0.2, 0) is 6.54 Å². The number of halogens is 1. The maximum Gasteiger partial charge on any atom is 0.281 e. The number of nitrogens with zero attached hydrogens (tertiary/aromatic N) is 4. The molecular weight excluding hydrogens is 363 g/mol. The lowest BCUT2D eigenvalue weighted by Crippen LogP contribution is -2.45. The van der Waals surface area contributed by atoms with Crippen molar-refractivity contribution >= 4 is 21.7 Å². The van der Waals surface area contributed by atoms with E-state index in [1.54, 1.807) is 0 Å². The zero-order valence-corrected chi connectivity index (χ0v) is 16.0. The van der Waals surface area contributed by atoms with Crippen LogP contribution in [0.3, 0.4) is 0 Å². The van der Waals surface area contributed by atoms with Gasteiger partial charge in [0.2, 0.25) is 0 Å². The third kappa shape index (κ3) is 3.31. The monoisotopic (exact) mass is 384 g/mol. The number of pyridine rings is 1. The van der Waals surface area contributed by atoms with Gasteiger partial charge in [0.15, 0.2) is 0 Å². The lowest BCUT2D eigenvalue weighted by atomic mass is 10.2. The number of hydrogen-bond acceptors (Lipinski definition) is 6. The van der Waals surface area contributed by atoms with E-state index in [1.807, 2.05) is 12.1 Å². The number of rotatable bonds is 5. The summed E-state index contributed by atoms with van der Waals surface area (Å²) in [5, 5.41) is 0.479. The minimum atomic E-state index is -0.388. The average molecular weight is 384 g/mol.